The van der Waals surface area contributed by atoms with Gasteiger partial charge in [0.2, 0.25) is 0 Å². The van der Waals surface area contributed by atoms with Crippen molar-refractivity contribution in [1.29, 1.82) is 0 Å². The molecule has 0 aromatic heterocycles. The fourth-order valence-corrected chi connectivity index (χ4v) is 3.08. The maximum Gasteiger partial charge on any atom is 0.315 e. The zero-order chi connectivity index (χ0) is 17.5. The van der Waals surface area contributed by atoms with Crippen molar-refractivity contribution >= 4 is 6.03 Å². The summed E-state index contributed by atoms with van der Waals surface area (Å²) in [4.78, 5) is 16.9. The van der Waals surface area contributed by atoms with Crippen LogP contribution >= 0.6 is 0 Å². The van der Waals surface area contributed by atoms with E-state index in [4.69, 9.17) is 0 Å². The molecule has 0 bridgehead atoms. The summed E-state index contributed by atoms with van der Waals surface area (Å²) >= 11 is 0. The predicted octanol–water partition coefficient (Wildman–Crippen LogP) is 2.03. The molecule has 1 aliphatic rings. The number of hydrogen-bond acceptors (Lipinski definition) is 3. The first-order valence-electron chi connectivity index (χ1n) is 8.96. The SMILES string of the molecule is Cc1cccc([C@H](C)CNC(=O)N[C@H](C)CN2CCN(C)CC2)c1. The van der Waals surface area contributed by atoms with Gasteiger partial charge in [-0.3, -0.25) is 4.90 Å². The highest BCUT2D eigenvalue weighted by molar-refractivity contribution is 5.74. The second kappa shape index (κ2) is 9.04. The van der Waals surface area contributed by atoms with Crippen LogP contribution in [0.4, 0.5) is 4.79 Å². The quantitative estimate of drug-likeness (QED) is 0.838. The summed E-state index contributed by atoms with van der Waals surface area (Å²) in [6.07, 6.45) is 0. The van der Waals surface area contributed by atoms with Crippen molar-refractivity contribution in [2.45, 2.75) is 32.7 Å². The molecule has 2 amide bonds. The number of nitrogens with zero attached hydrogens (tertiary/aromatic N) is 2. The number of urea groups is 1. The molecule has 0 saturated carbocycles. The van der Waals surface area contributed by atoms with E-state index in [0.29, 0.717) is 12.5 Å². The Morgan fingerprint density at radius 2 is 1.92 bits per heavy atom. The lowest BCUT2D eigenvalue weighted by atomic mass is 9.99. The Morgan fingerprint density at radius 3 is 2.58 bits per heavy atom. The summed E-state index contributed by atoms with van der Waals surface area (Å²) in [5, 5.41) is 6.05. The molecule has 0 aliphatic carbocycles. The molecular weight excluding hydrogens is 300 g/mol. The number of likely N-dealkylation sites (N-methyl/N-ethyl adjacent to an activating group) is 1. The van der Waals surface area contributed by atoms with Gasteiger partial charge in [-0.2, -0.15) is 0 Å². The standard InChI is InChI=1S/C19H32N4O/c1-15-6-5-7-18(12-15)16(2)13-20-19(24)21-17(3)14-23-10-8-22(4)9-11-23/h5-7,12,16-17H,8-11,13-14H2,1-4H3,(H2,20,21,24)/t16-,17-/m1/s1. The zero-order valence-electron chi connectivity index (χ0n) is 15.5. The van der Waals surface area contributed by atoms with Gasteiger partial charge in [-0.15, -0.1) is 0 Å². The van der Waals surface area contributed by atoms with Crippen LogP contribution in [0.15, 0.2) is 24.3 Å². The molecule has 1 heterocycles. The van der Waals surface area contributed by atoms with Gasteiger partial charge in [0.15, 0.2) is 0 Å². The van der Waals surface area contributed by atoms with Crippen molar-refractivity contribution in [3.63, 3.8) is 0 Å². The molecule has 1 saturated heterocycles. The number of benzene rings is 1. The lowest BCUT2D eigenvalue weighted by molar-refractivity contribution is 0.144. The summed E-state index contributed by atoms with van der Waals surface area (Å²) < 4.78 is 0. The number of rotatable bonds is 6. The lowest BCUT2D eigenvalue weighted by Crippen LogP contribution is -2.51. The summed E-state index contributed by atoms with van der Waals surface area (Å²) in [5.74, 6) is 0.309. The third-order valence-electron chi connectivity index (χ3n) is 4.69. The lowest BCUT2D eigenvalue weighted by Gasteiger charge is -2.34. The smallest absolute Gasteiger partial charge is 0.315 e. The first-order chi connectivity index (χ1) is 11.4. The highest BCUT2D eigenvalue weighted by Gasteiger charge is 2.17. The van der Waals surface area contributed by atoms with Crippen LogP contribution in [0, 0.1) is 6.92 Å². The third-order valence-corrected chi connectivity index (χ3v) is 4.69. The molecule has 5 nitrogen and oxygen atoms in total. The molecule has 2 rings (SSSR count). The number of carbonyl (C=O) groups is 1. The Bertz CT molecular complexity index is 526. The molecule has 0 unspecified atom stereocenters. The molecule has 24 heavy (non-hydrogen) atoms. The fraction of sp³-hybridized carbons (Fsp3) is 0.632. The van der Waals surface area contributed by atoms with E-state index in [2.05, 4.69) is 72.5 Å². The molecule has 1 aliphatic heterocycles. The van der Waals surface area contributed by atoms with Gasteiger partial charge in [0, 0.05) is 45.3 Å². The van der Waals surface area contributed by atoms with E-state index in [0.717, 1.165) is 32.7 Å². The van der Waals surface area contributed by atoms with Gasteiger partial charge in [0.1, 0.15) is 0 Å². The second-order valence-corrected chi connectivity index (χ2v) is 7.17. The van der Waals surface area contributed by atoms with E-state index < -0.39 is 0 Å². The maximum atomic E-state index is 12.1. The largest absolute Gasteiger partial charge is 0.338 e. The number of nitrogens with one attached hydrogen (secondary N) is 2. The molecule has 134 valence electrons. The number of piperazine rings is 1. The van der Waals surface area contributed by atoms with Crippen molar-refractivity contribution in [3.05, 3.63) is 35.4 Å². The van der Waals surface area contributed by atoms with Gasteiger partial charge in [0.05, 0.1) is 0 Å². The average Bonchev–Trinajstić information content (AvgIpc) is 2.54. The molecule has 1 fully saturated rings. The highest BCUT2D eigenvalue weighted by Crippen LogP contribution is 2.15. The molecular formula is C19H32N4O. The van der Waals surface area contributed by atoms with Crippen molar-refractivity contribution in [1.82, 2.24) is 20.4 Å². The molecule has 2 N–H and O–H groups in total. The van der Waals surface area contributed by atoms with E-state index in [9.17, 15) is 4.79 Å². The minimum Gasteiger partial charge on any atom is -0.338 e. The van der Waals surface area contributed by atoms with Gasteiger partial charge >= 0.3 is 6.03 Å². The fourth-order valence-electron chi connectivity index (χ4n) is 3.08. The Kier molecular flexibility index (Phi) is 7.06. The number of carbonyl (C=O) groups excluding carboxylic acids is 1. The van der Waals surface area contributed by atoms with E-state index >= 15 is 0 Å². The van der Waals surface area contributed by atoms with Crippen LogP contribution in [-0.4, -0.2) is 68.2 Å². The molecule has 1 aromatic rings. The minimum atomic E-state index is -0.0730. The van der Waals surface area contributed by atoms with E-state index in [1.807, 2.05) is 0 Å². The molecule has 0 spiro atoms. The van der Waals surface area contributed by atoms with Crippen LogP contribution in [0.5, 0.6) is 0 Å². The van der Waals surface area contributed by atoms with Crippen molar-refractivity contribution in [2.75, 3.05) is 46.3 Å². The Balaban J connectivity index is 1.68. The minimum absolute atomic E-state index is 0.0730. The van der Waals surface area contributed by atoms with Gasteiger partial charge < -0.3 is 15.5 Å². The Morgan fingerprint density at radius 1 is 1.21 bits per heavy atom. The predicted molar refractivity (Wildman–Crippen MR) is 99.5 cm³/mol. The first kappa shape index (κ1) is 18.7. The van der Waals surface area contributed by atoms with Crippen LogP contribution in [0.25, 0.3) is 0 Å². The molecule has 2 atom stereocenters. The van der Waals surface area contributed by atoms with Crippen LogP contribution in [-0.2, 0) is 0 Å². The van der Waals surface area contributed by atoms with Crippen molar-refractivity contribution in [2.24, 2.45) is 0 Å². The average molecular weight is 332 g/mol. The first-order valence-corrected chi connectivity index (χ1v) is 8.96. The summed E-state index contributed by atoms with van der Waals surface area (Å²) in [7, 11) is 2.15. The monoisotopic (exact) mass is 332 g/mol. The van der Waals surface area contributed by atoms with Crippen LogP contribution < -0.4 is 10.6 Å². The van der Waals surface area contributed by atoms with Gasteiger partial charge in [-0.05, 0) is 32.4 Å². The molecule has 1 aromatic carbocycles. The Labute approximate surface area is 146 Å². The van der Waals surface area contributed by atoms with Gasteiger partial charge in [-0.1, -0.05) is 36.8 Å². The summed E-state index contributed by atoms with van der Waals surface area (Å²) in [6, 6.07) is 8.54. The van der Waals surface area contributed by atoms with Crippen LogP contribution in [0.1, 0.15) is 30.9 Å². The number of amides is 2. The van der Waals surface area contributed by atoms with Gasteiger partial charge in [0.25, 0.3) is 0 Å². The summed E-state index contributed by atoms with van der Waals surface area (Å²) in [5.41, 5.74) is 2.52. The number of aryl methyl sites for hydroxylation is 1. The van der Waals surface area contributed by atoms with E-state index in [1.165, 1.54) is 11.1 Å². The highest BCUT2D eigenvalue weighted by atomic mass is 16.2. The van der Waals surface area contributed by atoms with Crippen LogP contribution in [0.2, 0.25) is 0 Å². The zero-order valence-corrected chi connectivity index (χ0v) is 15.5. The molecule has 0 radical (unpaired) electrons. The maximum absolute atomic E-state index is 12.1. The number of hydrogen-bond donors (Lipinski definition) is 2. The van der Waals surface area contributed by atoms with E-state index in [1.54, 1.807) is 0 Å². The van der Waals surface area contributed by atoms with E-state index in [-0.39, 0.29) is 12.1 Å². The summed E-state index contributed by atoms with van der Waals surface area (Å²) in [6.45, 7) is 12.2. The van der Waals surface area contributed by atoms with Crippen molar-refractivity contribution < 1.29 is 4.79 Å². The second-order valence-electron chi connectivity index (χ2n) is 7.17. The third kappa shape index (κ3) is 6.13. The normalized spacial score (nSPS) is 18.8. The topological polar surface area (TPSA) is 47.6 Å². The Hall–Kier alpha value is -1.59. The van der Waals surface area contributed by atoms with Gasteiger partial charge in [-0.25, -0.2) is 4.79 Å². The van der Waals surface area contributed by atoms with Crippen molar-refractivity contribution in [3.8, 4) is 0 Å². The molecule has 5 heteroatoms. The van der Waals surface area contributed by atoms with Crippen LogP contribution in [0.3, 0.4) is 0 Å².